The van der Waals surface area contributed by atoms with Crippen LogP contribution < -0.4 is 10.1 Å². The molecule has 0 radical (unpaired) electrons. The fourth-order valence-corrected chi connectivity index (χ4v) is 3.75. The molecule has 0 aromatic heterocycles. The molecular formula is C22H18BrCl2NO3. The predicted molar refractivity (Wildman–Crippen MR) is 120 cm³/mol. The van der Waals surface area contributed by atoms with Crippen LogP contribution in [0.2, 0.25) is 10.0 Å². The first kappa shape index (κ1) is 21.5. The van der Waals surface area contributed by atoms with Crippen LogP contribution in [0.4, 0.5) is 5.69 Å². The molecule has 3 aromatic rings. The third kappa shape index (κ3) is 5.44. The summed E-state index contributed by atoms with van der Waals surface area (Å²) in [6.45, 7) is 2.62. The topological polar surface area (TPSA) is 58.6 Å². The van der Waals surface area contributed by atoms with E-state index in [9.17, 15) is 4.79 Å². The molecule has 0 fully saturated rings. The number of carboxylic acids is 1. The van der Waals surface area contributed by atoms with Gasteiger partial charge in [-0.15, -0.1) is 0 Å². The highest BCUT2D eigenvalue weighted by Crippen LogP contribution is 2.29. The SMILES string of the molecule is Cc1cc(C(=O)O)ccc1NCc1cc(Br)ccc1OCc1c(Cl)cccc1Cl. The van der Waals surface area contributed by atoms with Crippen molar-refractivity contribution >= 4 is 50.8 Å². The highest BCUT2D eigenvalue weighted by molar-refractivity contribution is 9.10. The second-order valence-corrected chi connectivity index (χ2v) is 8.16. The normalized spacial score (nSPS) is 10.6. The van der Waals surface area contributed by atoms with Gasteiger partial charge in [0, 0.05) is 37.9 Å². The van der Waals surface area contributed by atoms with Gasteiger partial charge in [-0.2, -0.15) is 0 Å². The highest BCUT2D eigenvalue weighted by atomic mass is 79.9. The van der Waals surface area contributed by atoms with Gasteiger partial charge < -0.3 is 15.2 Å². The van der Waals surface area contributed by atoms with Crippen LogP contribution in [0.5, 0.6) is 5.75 Å². The molecule has 0 aliphatic carbocycles. The number of benzene rings is 3. The minimum absolute atomic E-state index is 0.249. The first-order valence-electron chi connectivity index (χ1n) is 8.77. The number of carbonyl (C=O) groups is 1. The maximum atomic E-state index is 11.1. The Morgan fingerprint density at radius 1 is 1.10 bits per heavy atom. The van der Waals surface area contributed by atoms with Crippen molar-refractivity contribution in [2.75, 3.05) is 5.32 Å². The Morgan fingerprint density at radius 3 is 2.48 bits per heavy atom. The Balaban J connectivity index is 1.76. The van der Waals surface area contributed by atoms with Gasteiger partial charge in [0.1, 0.15) is 12.4 Å². The van der Waals surface area contributed by atoms with Gasteiger partial charge in [0.15, 0.2) is 0 Å². The maximum absolute atomic E-state index is 11.1. The second-order valence-electron chi connectivity index (χ2n) is 6.43. The summed E-state index contributed by atoms with van der Waals surface area (Å²) in [5, 5.41) is 13.6. The Hall–Kier alpha value is -2.21. The van der Waals surface area contributed by atoms with Gasteiger partial charge in [-0.1, -0.05) is 45.2 Å². The number of hydrogen-bond acceptors (Lipinski definition) is 3. The van der Waals surface area contributed by atoms with Crippen molar-refractivity contribution in [1.29, 1.82) is 0 Å². The van der Waals surface area contributed by atoms with E-state index in [1.807, 2.05) is 25.1 Å². The van der Waals surface area contributed by atoms with Crippen LogP contribution in [-0.4, -0.2) is 11.1 Å². The van der Waals surface area contributed by atoms with Crippen LogP contribution in [0.25, 0.3) is 0 Å². The summed E-state index contributed by atoms with van der Waals surface area (Å²) < 4.78 is 6.93. The van der Waals surface area contributed by atoms with Gasteiger partial charge in [0.05, 0.1) is 5.56 Å². The number of rotatable bonds is 7. The van der Waals surface area contributed by atoms with E-state index in [2.05, 4.69) is 21.2 Å². The van der Waals surface area contributed by atoms with Crippen LogP contribution in [0.3, 0.4) is 0 Å². The minimum atomic E-state index is -0.944. The third-order valence-corrected chi connectivity index (χ3v) is 5.60. The Kier molecular flexibility index (Phi) is 7.06. The van der Waals surface area contributed by atoms with Crippen molar-refractivity contribution < 1.29 is 14.6 Å². The molecule has 3 aromatic carbocycles. The summed E-state index contributed by atoms with van der Waals surface area (Å²) in [6, 6.07) is 16.1. The lowest BCUT2D eigenvalue weighted by Gasteiger charge is -2.16. The molecule has 29 heavy (non-hydrogen) atoms. The van der Waals surface area contributed by atoms with Crippen molar-refractivity contribution in [3.63, 3.8) is 0 Å². The number of halogens is 3. The van der Waals surface area contributed by atoms with E-state index in [0.29, 0.717) is 22.3 Å². The van der Waals surface area contributed by atoms with Gasteiger partial charge in [-0.05, 0) is 61.0 Å². The molecule has 7 heteroatoms. The number of aryl methyl sites for hydroxylation is 1. The van der Waals surface area contributed by atoms with Crippen molar-refractivity contribution in [2.45, 2.75) is 20.1 Å². The van der Waals surface area contributed by atoms with E-state index in [1.165, 1.54) is 0 Å². The Bertz CT molecular complexity index is 1040. The van der Waals surface area contributed by atoms with Crippen molar-refractivity contribution in [3.8, 4) is 5.75 Å². The fraction of sp³-hybridized carbons (Fsp3) is 0.136. The van der Waals surface area contributed by atoms with Crippen LogP contribution in [-0.2, 0) is 13.2 Å². The molecule has 0 amide bonds. The van der Waals surface area contributed by atoms with Gasteiger partial charge in [-0.3, -0.25) is 0 Å². The highest BCUT2D eigenvalue weighted by Gasteiger charge is 2.11. The van der Waals surface area contributed by atoms with Crippen LogP contribution >= 0.6 is 39.1 Å². The summed E-state index contributed by atoms with van der Waals surface area (Å²) in [4.78, 5) is 11.1. The molecule has 2 N–H and O–H groups in total. The minimum Gasteiger partial charge on any atom is -0.488 e. The molecule has 0 saturated heterocycles. The van der Waals surface area contributed by atoms with Crippen LogP contribution in [0.1, 0.15) is 27.0 Å². The lowest BCUT2D eigenvalue weighted by atomic mass is 10.1. The molecular weight excluding hydrogens is 477 g/mol. The van der Waals surface area contributed by atoms with Gasteiger partial charge in [0.25, 0.3) is 0 Å². The molecule has 0 bridgehead atoms. The first-order valence-corrected chi connectivity index (χ1v) is 10.3. The Morgan fingerprint density at radius 2 is 1.83 bits per heavy atom. The molecule has 0 atom stereocenters. The average Bonchev–Trinajstić information content (AvgIpc) is 2.67. The van der Waals surface area contributed by atoms with Crippen LogP contribution in [0, 0.1) is 6.92 Å². The number of anilines is 1. The number of nitrogens with one attached hydrogen (secondary N) is 1. The number of ether oxygens (including phenoxy) is 1. The summed E-state index contributed by atoms with van der Waals surface area (Å²) >= 11 is 15.9. The molecule has 0 heterocycles. The van der Waals surface area contributed by atoms with Gasteiger partial charge in [-0.25, -0.2) is 4.79 Å². The van der Waals surface area contributed by atoms with E-state index >= 15 is 0 Å². The van der Waals surface area contributed by atoms with Crippen molar-refractivity contribution in [1.82, 2.24) is 0 Å². The smallest absolute Gasteiger partial charge is 0.335 e. The zero-order valence-corrected chi connectivity index (χ0v) is 18.6. The molecule has 0 aliphatic heterocycles. The molecule has 150 valence electrons. The third-order valence-electron chi connectivity index (χ3n) is 4.40. The lowest BCUT2D eigenvalue weighted by molar-refractivity contribution is 0.0697. The van der Waals surface area contributed by atoms with Gasteiger partial charge in [0.2, 0.25) is 0 Å². The Labute approximate surface area is 187 Å². The monoisotopic (exact) mass is 493 g/mol. The zero-order valence-electron chi connectivity index (χ0n) is 15.5. The standard InChI is InChI=1S/C22H18BrCl2NO3/c1-13-9-14(22(27)28)5-7-20(13)26-11-15-10-16(23)6-8-21(15)29-12-17-18(24)3-2-4-19(17)25/h2-10,26H,11-12H2,1H3,(H,27,28). The molecule has 0 saturated carbocycles. The quantitative estimate of drug-likeness (QED) is 0.373. The van der Waals surface area contributed by atoms with Crippen LogP contribution in [0.15, 0.2) is 59.1 Å². The molecule has 0 aliphatic rings. The summed E-state index contributed by atoms with van der Waals surface area (Å²) in [5.74, 6) is -0.239. The van der Waals surface area contributed by atoms with Crippen molar-refractivity contribution in [3.05, 3.63) is 91.4 Å². The summed E-state index contributed by atoms with van der Waals surface area (Å²) in [5.41, 5.74) is 3.64. The molecule has 0 spiro atoms. The number of hydrogen-bond donors (Lipinski definition) is 2. The lowest BCUT2D eigenvalue weighted by Crippen LogP contribution is -2.06. The summed E-state index contributed by atoms with van der Waals surface area (Å²) in [6.07, 6.45) is 0. The average molecular weight is 495 g/mol. The van der Waals surface area contributed by atoms with E-state index < -0.39 is 5.97 Å². The summed E-state index contributed by atoms with van der Waals surface area (Å²) in [7, 11) is 0. The fourth-order valence-electron chi connectivity index (χ4n) is 2.83. The number of aromatic carboxylic acids is 1. The van der Waals surface area contributed by atoms with E-state index in [-0.39, 0.29) is 12.2 Å². The van der Waals surface area contributed by atoms with E-state index in [4.69, 9.17) is 33.0 Å². The molecule has 4 nitrogen and oxygen atoms in total. The van der Waals surface area contributed by atoms with E-state index in [1.54, 1.807) is 36.4 Å². The predicted octanol–water partition coefficient (Wildman–Crippen LogP) is 6.95. The first-order chi connectivity index (χ1) is 13.8. The molecule has 3 rings (SSSR count). The maximum Gasteiger partial charge on any atom is 0.335 e. The largest absolute Gasteiger partial charge is 0.488 e. The number of carboxylic acid groups (broad SMARTS) is 1. The second kappa shape index (κ2) is 9.53. The van der Waals surface area contributed by atoms with Crippen molar-refractivity contribution in [2.24, 2.45) is 0 Å². The van der Waals surface area contributed by atoms with Gasteiger partial charge >= 0.3 is 5.97 Å². The molecule has 0 unspecified atom stereocenters. The zero-order chi connectivity index (χ0) is 21.0. The van der Waals surface area contributed by atoms with E-state index in [0.717, 1.165) is 26.9 Å².